The van der Waals surface area contributed by atoms with E-state index in [0.717, 1.165) is 32.1 Å². The van der Waals surface area contributed by atoms with Crippen molar-refractivity contribution in [3.05, 3.63) is 24.3 Å². The predicted molar refractivity (Wildman–Crippen MR) is 236 cm³/mol. The quantitative estimate of drug-likeness (QED) is 0.0235. The van der Waals surface area contributed by atoms with Gasteiger partial charge in [-0.25, -0.2) is 0 Å². The number of carbonyl (C=O) groups is 1. The maximum Gasteiger partial charge on any atom is 0.249 e. The Morgan fingerprint density at radius 2 is 1.02 bits per heavy atom. The second-order valence-electron chi connectivity index (χ2n) is 17.0. The van der Waals surface area contributed by atoms with Gasteiger partial charge in [0.1, 0.15) is 30.5 Å². The lowest BCUT2D eigenvalue weighted by atomic mass is 9.99. The number of aliphatic hydroxyl groups excluding tert-OH is 6. The van der Waals surface area contributed by atoms with E-state index in [2.05, 4.69) is 31.3 Å². The van der Waals surface area contributed by atoms with Gasteiger partial charge in [0.2, 0.25) is 5.91 Å². The summed E-state index contributed by atoms with van der Waals surface area (Å²) < 4.78 is 11.1. The van der Waals surface area contributed by atoms with Crippen LogP contribution in [0.4, 0.5) is 0 Å². The van der Waals surface area contributed by atoms with Gasteiger partial charge in [-0.15, -0.1) is 0 Å². The Labute approximate surface area is 354 Å². The van der Waals surface area contributed by atoms with Crippen molar-refractivity contribution < 1.29 is 44.9 Å². The third-order valence-corrected chi connectivity index (χ3v) is 11.6. The summed E-state index contributed by atoms with van der Waals surface area (Å²) in [6.07, 6.45) is 35.5. The van der Waals surface area contributed by atoms with E-state index in [1.807, 2.05) is 6.08 Å². The molecule has 10 heteroatoms. The molecule has 0 bridgehead atoms. The number of carbonyl (C=O) groups excluding carboxylic acids is 1. The van der Waals surface area contributed by atoms with Crippen molar-refractivity contribution in [1.82, 2.24) is 5.32 Å². The highest BCUT2D eigenvalue weighted by atomic mass is 16.7. The molecule has 58 heavy (non-hydrogen) atoms. The molecule has 1 saturated heterocycles. The van der Waals surface area contributed by atoms with Gasteiger partial charge >= 0.3 is 0 Å². The molecule has 10 nitrogen and oxygen atoms in total. The molecule has 0 aromatic heterocycles. The third-order valence-electron chi connectivity index (χ3n) is 11.6. The molecule has 0 aromatic carbocycles. The highest BCUT2D eigenvalue weighted by Gasteiger charge is 2.44. The van der Waals surface area contributed by atoms with Crippen molar-refractivity contribution in [3.63, 3.8) is 0 Å². The molecule has 1 fully saturated rings. The Morgan fingerprint density at radius 3 is 1.50 bits per heavy atom. The zero-order chi connectivity index (χ0) is 42.5. The van der Waals surface area contributed by atoms with Crippen LogP contribution in [0.3, 0.4) is 0 Å². The van der Waals surface area contributed by atoms with Crippen LogP contribution in [-0.2, 0) is 14.3 Å². The minimum atomic E-state index is -1.61. The third kappa shape index (κ3) is 28.2. The summed E-state index contributed by atoms with van der Waals surface area (Å²) in [6, 6.07) is -0.992. The summed E-state index contributed by atoms with van der Waals surface area (Å²) in [5, 5.41) is 64.7. The number of hydrogen-bond acceptors (Lipinski definition) is 9. The van der Waals surface area contributed by atoms with E-state index in [-0.39, 0.29) is 6.61 Å². The summed E-state index contributed by atoms with van der Waals surface area (Å²) in [5.74, 6) is -0.624. The maximum absolute atomic E-state index is 13.0. The minimum Gasteiger partial charge on any atom is -0.394 e. The van der Waals surface area contributed by atoms with Crippen LogP contribution in [0.25, 0.3) is 0 Å². The van der Waals surface area contributed by atoms with E-state index in [1.54, 1.807) is 6.08 Å². The molecule has 1 amide bonds. The Bertz CT molecular complexity index is 979. The van der Waals surface area contributed by atoms with Crippen LogP contribution in [0.15, 0.2) is 24.3 Å². The zero-order valence-corrected chi connectivity index (χ0v) is 37.2. The number of hydrogen-bond donors (Lipinski definition) is 7. The number of unbranched alkanes of at least 4 members (excludes halogenated alkanes) is 27. The second kappa shape index (κ2) is 38.5. The van der Waals surface area contributed by atoms with Gasteiger partial charge in [-0.3, -0.25) is 4.79 Å². The lowest BCUT2D eigenvalue weighted by Crippen LogP contribution is -2.60. The molecule has 7 N–H and O–H groups in total. The Morgan fingerprint density at radius 1 is 0.586 bits per heavy atom. The first-order chi connectivity index (χ1) is 28.3. The zero-order valence-electron chi connectivity index (χ0n) is 37.2. The average molecular weight is 826 g/mol. The van der Waals surface area contributed by atoms with Gasteiger partial charge in [-0.1, -0.05) is 205 Å². The minimum absolute atomic E-state index is 0.308. The molecule has 0 aliphatic carbocycles. The molecular formula is C48H91NO9. The summed E-state index contributed by atoms with van der Waals surface area (Å²) in [6.45, 7) is 3.59. The van der Waals surface area contributed by atoms with Crippen molar-refractivity contribution in [1.29, 1.82) is 0 Å². The molecule has 342 valence electrons. The van der Waals surface area contributed by atoms with Gasteiger partial charge in [0.15, 0.2) is 6.29 Å². The topological polar surface area (TPSA) is 169 Å². The van der Waals surface area contributed by atoms with E-state index >= 15 is 0 Å². The SMILES string of the molecule is CCCCCCCCCC/C=C/CC/C=C/C(O)C(COC1OC(CO)C(O)C(O)C1O)NC(=O)C(O)CCCCCCCCCCCCCCCCCCCCC. The molecule has 1 heterocycles. The molecule has 0 saturated carbocycles. The monoisotopic (exact) mass is 826 g/mol. The van der Waals surface area contributed by atoms with Crippen LogP contribution >= 0.6 is 0 Å². The fraction of sp³-hybridized carbons (Fsp3) is 0.896. The average Bonchev–Trinajstić information content (AvgIpc) is 3.22. The number of rotatable bonds is 40. The van der Waals surface area contributed by atoms with Gasteiger partial charge in [0.25, 0.3) is 0 Å². The summed E-state index contributed by atoms with van der Waals surface area (Å²) in [4.78, 5) is 13.0. The van der Waals surface area contributed by atoms with E-state index < -0.39 is 61.5 Å². The Hall–Kier alpha value is -1.37. The number of nitrogens with one attached hydrogen (secondary N) is 1. The highest BCUT2D eigenvalue weighted by molar-refractivity contribution is 5.80. The molecule has 0 aromatic rings. The van der Waals surface area contributed by atoms with Crippen molar-refractivity contribution in [2.75, 3.05) is 13.2 Å². The van der Waals surface area contributed by atoms with Crippen molar-refractivity contribution >= 4 is 5.91 Å². The van der Waals surface area contributed by atoms with Gasteiger partial charge in [-0.2, -0.15) is 0 Å². The van der Waals surface area contributed by atoms with E-state index in [0.29, 0.717) is 19.3 Å². The molecule has 1 aliphatic rings. The van der Waals surface area contributed by atoms with Crippen LogP contribution < -0.4 is 5.32 Å². The molecule has 0 radical (unpaired) electrons. The van der Waals surface area contributed by atoms with Gasteiger partial charge in [0, 0.05) is 0 Å². The standard InChI is InChI=1S/C48H91NO9/c1-3-5-7-9-11-13-15-17-19-20-21-22-23-25-27-29-31-33-35-37-42(52)47(56)49-40(39-57-48-46(55)45(54)44(53)43(38-50)58-48)41(51)36-34-32-30-28-26-24-18-16-14-12-10-8-6-4-2/h26,28,34,36,40-46,48,50-55H,3-25,27,29-33,35,37-39H2,1-2H3,(H,49,56)/b28-26+,36-34+. The molecule has 8 atom stereocenters. The number of ether oxygens (including phenoxy) is 2. The van der Waals surface area contributed by atoms with E-state index in [4.69, 9.17) is 9.47 Å². The smallest absolute Gasteiger partial charge is 0.249 e. The van der Waals surface area contributed by atoms with Crippen LogP contribution in [-0.4, -0.2) is 98.7 Å². The van der Waals surface area contributed by atoms with Crippen LogP contribution in [0, 0.1) is 0 Å². The fourth-order valence-electron chi connectivity index (χ4n) is 7.65. The van der Waals surface area contributed by atoms with Crippen LogP contribution in [0.1, 0.15) is 213 Å². The van der Waals surface area contributed by atoms with Crippen LogP contribution in [0.5, 0.6) is 0 Å². The second-order valence-corrected chi connectivity index (χ2v) is 17.0. The normalized spacial score (nSPS) is 21.6. The molecule has 1 aliphatic heterocycles. The van der Waals surface area contributed by atoms with Gasteiger partial charge in [-0.05, 0) is 32.1 Å². The number of aliphatic hydroxyl groups is 6. The maximum atomic E-state index is 13.0. The summed E-state index contributed by atoms with van der Waals surface area (Å²) in [7, 11) is 0. The first-order valence-electron chi connectivity index (χ1n) is 24.2. The summed E-state index contributed by atoms with van der Waals surface area (Å²) >= 11 is 0. The fourth-order valence-corrected chi connectivity index (χ4v) is 7.65. The lowest BCUT2D eigenvalue weighted by molar-refractivity contribution is -0.302. The van der Waals surface area contributed by atoms with E-state index in [9.17, 15) is 35.4 Å². The highest BCUT2D eigenvalue weighted by Crippen LogP contribution is 2.23. The number of allylic oxidation sites excluding steroid dienone is 3. The number of amides is 1. The van der Waals surface area contributed by atoms with Crippen molar-refractivity contribution in [2.45, 2.75) is 262 Å². The summed E-state index contributed by atoms with van der Waals surface area (Å²) in [5.41, 5.74) is 0. The van der Waals surface area contributed by atoms with Crippen molar-refractivity contribution in [2.24, 2.45) is 0 Å². The van der Waals surface area contributed by atoms with Crippen LogP contribution in [0.2, 0.25) is 0 Å². The van der Waals surface area contributed by atoms with Gasteiger partial charge in [0.05, 0.1) is 25.4 Å². The van der Waals surface area contributed by atoms with Crippen molar-refractivity contribution in [3.8, 4) is 0 Å². The first-order valence-corrected chi connectivity index (χ1v) is 24.2. The molecular weight excluding hydrogens is 735 g/mol. The Kier molecular flexibility index (Phi) is 36.3. The molecule has 0 spiro atoms. The Balaban J connectivity index is 2.38. The molecule has 1 rings (SSSR count). The largest absolute Gasteiger partial charge is 0.394 e. The molecule has 8 unspecified atom stereocenters. The lowest BCUT2D eigenvalue weighted by Gasteiger charge is -2.40. The van der Waals surface area contributed by atoms with E-state index in [1.165, 1.54) is 148 Å². The first kappa shape index (κ1) is 54.6. The predicted octanol–water partition coefficient (Wildman–Crippen LogP) is 9.25. The van der Waals surface area contributed by atoms with Gasteiger partial charge < -0.3 is 45.4 Å².